The van der Waals surface area contributed by atoms with Gasteiger partial charge in [0.25, 0.3) is 5.91 Å². The zero-order valence-electron chi connectivity index (χ0n) is 10.7. The van der Waals surface area contributed by atoms with Gasteiger partial charge in [-0.25, -0.2) is 0 Å². The van der Waals surface area contributed by atoms with Gasteiger partial charge in [-0.1, -0.05) is 13.8 Å². The summed E-state index contributed by atoms with van der Waals surface area (Å²) in [7, 11) is 0. The minimum Gasteiger partial charge on any atom is -0.349 e. The summed E-state index contributed by atoms with van der Waals surface area (Å²) in [6, 6.07) is 3.64. The third-order valence-corrected chi connectivity index (χ3v) is 2.76. The number of hydrogen-bond donors (Lipinski definition) is 2. The predicted molar refractivity (Wildman–Crippen MR) is 68.7 cm³/mol. The largest absolute Gasteiger partial charge is 0.349 e. The molecule has 0 radical (unpaired) electrons. The van der Waals surface area contributed by atoms with E-state index in [2.05, 4.69) is 24.1 Å². The Morgan fingerprint density at radius 3 is 2.76 bits per heavy atom. The van der Waals surface area contributed by atoms with E-state index in [9.17, 15) is 4.79 Å². The van der Waals surface area contributed by atoms with Crippen molar-refractivity contribution in [2.45, 2.75) is 33.2 Å². The Morgan fingerprint density at radius 2 is 2.24 bits per heavy atom. The van der Waals surface area contributed by atoms with E-state index in [0.717, 1.165) is 12.1 Å². The first-order chi connectivity index (χ1) is 8.04. The van der Waals surface area contributed by atoms with Gasteiger partial charge in [-0.05, 0) is 37.9 Å². The van der Waals surface area contributed by atoms with Gasteiger partial charge in [-0.15, -0.1) is 0 Å². The lowest BCUT2D eigenvalue weighted by Crippen LogP contribution is -2.39. The number of pyridine rings is 1. The van der Waals surface area contributed by atoms with Gasteiger partial charge in [0.2, 0.25) is 0 Å². The van der Waals surface area contributed by atoms with E-state index in [1.54, 1.807) is 18.3 Å². The van der Waals surface area contributed by atoms with E-state index in [4.69, 9.17) is 5.73 Å². The minimum absolute atomic E-state index is 0.0531. The Kier molecular flexibility index (Phi) is 5.10. The SMILES string of the molecule is Cc1cc(C(=O)NC(CCN)C(C)C)ccn1. The molecule has 1 heterocycles. The first-order valence-electron chi connectivity index (χ1n) is 5.98. The molecule has 0 fully saturated rings. The fraction of sp³-hybridized carbons (Fsp3) is 0.538. The van der Waals surface area contributed by atoms with E-state index in [0.29, 0.717) is 18.0 Å². The lowest BCUT2D eigenvalue weighted by atomic mass is 10.0. The molecular weight excluding hydrogens is 214 g/mol. The zero-order valence-corrected chi connectivity index (χ0v) is 10.7. The van der Waals surface area contributed by atoms with Gasteiger partial charge < -0.3 is 11.1 Å². The van der Waals surface area contributed by atoms with Crippen molar-refractivity contribution in [3.63, 3.8) is 0 Å². The van der Waals surface area contributed by atoms with Crippen molar-refractivity contribution in [2.75, 3.05) is 6.54 Å². The molecule has 4 heteroatoms. The van der Waals surface area contributed by atoms with Crippen molar-refractivity contribution < 1.29 is 4.79 Å². The van der Waals surface area contributed by atoms with Gasteiger partial charge in [0.1, 0.15) is 0 Å². The summed E-state index contributed by atoms with van der Waals surface area (Å²) in [6.45, 7) is 6.62. The Labute approximate surface area is 103 Å². The van der Waals surface area contributed by atoms with E-state index in [1.807, 2.05) is 6.92 Å². The molecule has 0 saturated heterocycles. The molecule has 1 atom stereocenters. The van der Waals surface area contributed by atoms with Crippen LogP contribution in [0.25, 0.3) is 0 Å². The Hall–Kier alpha value is -1.42. The molecule has 1 amide bonds. The molecule has 0 saturated carbocycles. The lowest BCUT2D eigenvalue weighted by molar-refractivity contribution is 0.0924. The molecule has 3 N–H and O–H groups in total. The quantitative estimate of drug-likeness (QED) is 0.812. The molecule has 0 spiro atoms. The van der Waals surface area contributed by atoms with Crippen LogP contribution in [0.2, 0.25) is 0 Å². The number of aryl methyl sites for hydroxylation is 1. The normalized spacial score (nSPS) is 12.5. The van der Waals surface area contributed by atoms with E-state index < -0.39 is 0 Å². The van der Waals surface area contributed by atoms with Crippen LogP contribution in [0.3, 0.4) is 0 Å². The van der Waals surface area contributed by atoms with Gasteiger partial charge >= 0.3 is 0 Å². The van der Waals surface area contributed by atoms with Gasteiger partial charge in [0.15, 0.2) is 0 Å². The summed E-state index contributed by atoms with van der Waals surface area (Å²) in [5.41, 5.74) is 7.04. The average molecular weight is 235 g/mol. The first kappa shape index (κ1) is 13.6. The van der Waals surface area contributed by atoms with Crippen molar-refractivity contribution in [3.05, 3.63) is 29.6 Å². The second-order valence-corrected chi connectivity index (χ2v) is 4.59. The Morgan fingerprint density at radius 1 is 1.53 bits per heavy atom. The molecule has 4 nitrogen and oxygen atoms in total. The van der Waals surface area contributed by atoms with Crippen LogP contribution in [-0.2, 0) is 0 Å². The molecule has 17 heavy (non-hydrogen) atoms. The van der Waals surface area contributed by atoms with E-state index >= 15 is 0 Å². The van der Waals surface area contributed by atoms with Gasteiger partial charge in [0.05, 0.1) is 0 Å². The maximum atomic E-state index is 12.0. The van der Waals surface area contributed by atoms with Gasteiger partial charge in [-0.3, -0.25) is 9.78 Å². The first-order valence-corrected chi connectivity index (χ1v) is 5.98. The standard InChI is InChI=1S/C13H21N3O/c1-9(2)12(4-6-14)16-13(17)11-5-7-15-10(3)8-11/h5,7-9,12H,4,6,14H2,1-3H3,(H,16,17). The minimum atomic E-state index is -0.0531. The van der Waals surface area contributed by atoms with Crippen molar-refractivity contribution in [1.29, 1.82) is 0 Å². The molecule has 0 aliphatic carbocycles. The highest BCUT2D eigenvalue weighted by Gasteiger charge is 2.16. The van der Waals surface area contributed by atoms with Crippen LogP contribution in [0.1, 0.15) is 36.3 Å². The zero-order chi connectivity index (χ0) is 12.8. The maximum Gasteiger partial charge on any atom is 0.251 e. The number of rotatable bonds is 5. The van der Waals surface area contributed by atoms with Crippen molar-refractivity contribution in [1.82, 2.24) is 10.3 Å². The summed E-state index contributed by atoms with van der Waals surface area (Å²) in [4.78, 5) is 16.1. The van der Waals surface area contributed by atoms with Crippen LogP contribution >= 0.6 is 0 Å². The molecule has 1 aromatic rings. The van der Waals surface area contributed by atoms with Gasteiger partial charge in [0, 0.05) is 23.5 Å². The number of amides is 1. The molecule has 0 bridgehead atoms. The maximum absolute atomic E-state index is 12.0. The molecule has 94 valence electrons. The molecule has 0 aromatic carbocycles. The number of carbonyl (C=O) groups excluding carboxylic acids is 1. The number of hydrogen-bond acceptors (Lipinski definition) is 3. The fourth-order valence-corrected chi connectivity index (χ4v) is 1.69. The molecule has 0 aliphatic heterocycles. The fourth-order valence-electron chi connectivity index (χ4n) is 1.69. The van der Waals surface area contributed by atoms with Crippen LogP contribution in [0.15, 0.2) is 18.3 Å². The second kappa shape index (κ2) is 6.35. The summed E-state index contributed by atoms with van der Waals surface area (Å²) >= 11 is 0. The number of carbonyl (C=O) groups is 1. The number of nitrogens with two attached hydrogens (primary N) is 1. The number of nitrogens with one attached hydrogen (secondary N) is 1. The monoisotopic (exact) mass is 235 g/mol. The molecule has 1 aromatic heterocycles. The molecule has 0 aliphatic rings. The van der Waals surface area contributed by atoms with Crippen molar-refractivity contribution in [3.8, 4) is 0 Å². The molecular formula is C13H21N3O. The summed E-state index contributed by atoms with van der Waals surface area (Å²) in [5.74, 6) is 0.327. The highest BCUT2D eigenvalue weighted by molar-refractivity contribution is 5.94. The highest BCUT2D eigenvalue weighted by Crippen LogP contribution is 2.07. The Bertz CT molecular complexity index is 377. The Balaban J connectivity index is 2.70. The predicted octanol–water partition coefficient (Wildman–Crippen LogP) is 1.49. The van der Waals surface area contributed by atoms with Crippen LogP contribution in [0.4, 0.5) is 0 Å². The third kappa shape index (κ3) is 4.15. The molecule has 1 rings (SSSR count). The van der Waals surface area contributed by atoms with Crippen LogP contribution in [-0.4, -0.2) is 23.5 Å². The van der Waals surface area contributed by atoms with Crippen molar-refractivity contribution >= 4 is 5.91 Å². The molecule has 1 unspecified atom stereocenters. The summed E-state index contributed by atoms with van der Waals surface area (Å²) in [6.07, 6.45) is 2.45. The average Bonchev–Trinajstić information content (AvgIpc) is 2.28. The number of nitrogens with zero attached hydrogens (tertiary/aromatic N) is 1. The topological polar surface area (TPSA) is 68.0 Å². The summed E-state index contributed by atoms with van der Waals surface area (Å²) < 4.78 is 0. The number of aromatic nitrogens is 1. The second-order valence-electron chi connectivity index (χ2n) is 4.59. The summed E-state index contributed by atoms with van der Waals surface area (Å²) in [5, 5.41) is 3.01. The highest BCUT2D eigenvalue weighted by atomic mass is 16.1. The van der Waals surface area contributed by atoms with Crippen LogP contribution in [0.5, 0.6) is 0 Å². The van der Waals surface area contributed by atoms with Crippen LogP contribution < -0.4 is 11.1 Å². The lowest BCUT2D eigenvalue weighted by Gasteiger charge is -2.21. The van der Waals surface area contributed by atoms with Crippen molar-refractivity contribution in [2.24, 2.45) is 11.7 Å². The van der Waals surface area contributed by atoms with E-state index in [-0.39, 0.29) is 11.9 Å². The van der Waals surface area contributed by atoms with Gasteiger partial charge in [-0.2, -0.15) is 0 Å². The third-order valence-electron chi connectivity index (χ3n) is 2.76. The smallest absolute Gasteiger partial charge is 0.251 e. The van der Waals surface area contributed by atoms with Crippen LogP contribution in [0, 0.1) is 12.8 Å². The van der Waals surface area contributed by atoms with E-state index in [1.165, 1.54) is 0 Å².